The Morgan fingerprint density at radius 2 is 1.92 bits per heavy atom. The van der Waals surface area contributed by atoms with Gasteiger partial charge in [-0.3, -0.25) is 4.79 Å². The molecule has 0 saturated heterocycles. The van der Waals surface area contributed by atoms with Crippen LogP contribution in [-0.2, 0) is 4.79 Å². The lowest BCUT2D eigenvalue weighted by molar-refractivity contribution is -0.124. The largest absolute Gasteiger partial charge is 0.344 e. The third kappa shape index (κ3) is 5.56. The zero-order chi connectivity index (χ0) is 18.6. The molecule has 1 aromatic carbocycles. The van der Waals surface area contributed by atoms with Gasteiger partial charge in [0.2, 0.25) is 17.6 Å². The molecule has 5 nitrogen and oxygen atoms in total. The fraction of sp³-hybridized carbons (Fsp3) is 0.526. The molecule has 0 aliphatic carbocycles. The van der Waals surface area contributed by atoms with Crippen LogP contribution in [-0.4, -0.2) is 16.0 Å². The summed E-state index contributed by atoms with van der Waals surface area (Å²) in [7, 11) is 0. The van der Waals surface area contributed by atoms with Crippen molar-refractivity contribution >= 4 is 17.5 Å². The molecule has 0 fully saturated rings. The molecular formula is C19H26ClN3O2. The Morgan fingerprint density at radius 1 is 1.28 bits per heavy atom. The van der Waals surface area contributed by atoms with Crippen molar-refractivity contribution in [1.82, 2.24) is 15.5 Å². The van der Waals surface area contributed by atoms with Gasteiger partial charge in [0.25, 0.3) is 0 Å². The topological polar surface area (TPSA) is 68.0 Å². The Morgan fingerprint density at radius 3 is 2.48 bits per heavy atom. The molecule has 6 heteroatoms. The van der Waals surface area contributed by atoms with Crippen LogP contribution >= 0.6 is 11.6 Å². The van der Waals surface area contributed by atoms with Crippen molar-refractivity contribution < 1.29 is 9.32 Å². The minimum atomic E-state index is -0.298. The van der Waals surface area contributed by atoms with Crippen molar-refractivity contribution in [2.45, 2.75) is 53.5 Å². The summed E-state index contributed by atoms with van der Waals surface area (Å²) in [5.41, 5.74) is 0.747. The molecule has 1 aromatic heterocycles. The van der Waals surface area contributed by atoms with Gasteiger partial charge in [0.1, 0.15) is 6.04 Å². The molecule has 2 aromatic rings. The van der Waals surface area contributed by atoms with E-state index in [9.17, 15) is 4.79 Å². The Kier molecular flexibility index (Phi) is 6.22. The molecule has 1 heterocycles. The van der Waals surface area contributed by atoms with Gasteiger partial charge in [-0.1, -0.05) is 57.8 Å². The highest BCUT2D eigenvalue weighted by atomic mass is 35.5. The van der Waals surface area contributed by atoms with E-state index in [2.05, 4.69) is 29.3 Å². The fourth-order valence-electron chi connectivity index (χ4n) is 2.47. The third-order valence-electron chi connectivity index (χ3n) is 4.03. The second-order valence-corrected chi connectivity index (χ2v) is 8.07. The number of aromatic nitrogens is 2. The van der Waals surface area contributed by atoms with Crippen LogP contribution in [0.1, 0.15) is 59.4 Å². The number of benzene rings is 1. The summed E-state index contributed by atoms with van der Waals surface area (Å²) in [6, 6.07) is 6.95. The van der Waals surface area contributed by atoms with Gasteiger partial charge in [-0.25, -0.2) is 0 Å². The number of hydrogen-bond donors (Lipinski definition) is 1. The maximum absolute atomic E-state index is 12.4. The zero-order valence-corrected chi connectivity index (χ0v) is 16.2. The minimum absolute atomic E-state index is 0.0101. The molecule has 2 atom stereocenters. The van der Waals surface area contributed by atoms with E-state index in [0.717, 1.165) is 12.0 Å². The van der Waals surface area contributed by atoms with Crippen LogP contribution in [0.25, 0.3) is 11.4 Å². The predicted octanol–water partition coefficient (Wildman–Crippen LogP) is 5.03. The van der Waals surface area contributed by atoms with Crippen molar-refractivity contribution in [2.75, 3.05) is 0 Å². The first kappa shape index (κ1) is 19.4. The van der Waals surface area contributed by atoms with Crippen molar-refractivity contribution in [3.05, 3.63) is 35.2 Å². The quantitative estimate of drug-likeness (QED) is 0.781. The lowest BCUT2D eigenvalue weighted by atomic mass is 9.91. The Hall–Kier alpha value is -1.88. The average Bonchev–Trinajstić information content (AvgIpc) is 3.00. The third-order valence-corrected chi connectivity index (χ3v) is 4.28. The van der Waals surface area contributed by atoms with Crippen LogP contribution in [0, 0.1) is 11.3 Å². The van der Waals surface area contributed by atoms with E-state index < -0.39 is 0 Å². The Labute approximate surface area is 154 Å². The van der Waals surface area contributed by atoms with Crippen LogP contribution in [0.15, 0.2) is 28.8 Å². The van der Waals surface area contributed by atoms with Gasteiger partial charge < -0.3 is 9.84 Å². The number of carbonyl (C=O) groups excluding carboxylic acids is 1. The zero-order valence-electron chi connectivity index (χ0n) is 15.5. The maximum Gasteiger partial charge on any atom is 0.249 e. The summed E-state index contributed by atoms with van der Waals surface area (Å²) < 4.78 is 5.46. The van der Waals surface area contributed by atoms with E-state index in [4.69, 9.17) is 16.1 Å². The summed E-state index contributed by atoms with van der Waals surface area (Å²) in [6.07, 6.45) is 1.33. The monoisotopic (exact) mass is 363 g/mol. The van der Waals surface area contributed by atoms with Gasteiger partial charge in [0.15, 0.2) is 0 Å². The summed E-state index contributed by atoms with van der Waals surface area (Å²) >= 11 is 5.91. The highest BCUT2D eigenvalue weighted by molar-refractivity contribution is 6.30. The molecule has 0 spiro atoms. The molecule has 1 amide bonds. The summed E-state index contributed by atoms with van der Waals surface area (Å²) in [5, 5.41) is 7.77. The van der Waals surface area contributed by atoms with E-state index in [1.165, 1.54) is 0 Å². The molecule has 136 valence electrons. The van der Waals surface area contributed by atoms with E-state index in [-0.39, 0.29) is 23.3 Å². The van der Waals surface area contributed by atoms with Crippen LogP contribution in [0.2, 0.25) is 5.02 Å². The smallest absolute Gasteiger partial charge is 0.249 e. The number of nitrogens with one attached hydrogen (secondary N) is 1. The molecule has 2 rings (SSSR count). The second-order valence-electron chi connectivity index (χ2n) is 7.63. The van der Waals surface area contributed by atoms with Gasteiger partial charge in [0, 0.05) is 17.0 Å². The van der Waals surface area contributed by atoms with Crippen molar-refractivity contribution in [3.63, 3.8) is 0 Å². The fourth-order valence-corrected chi connectivity index (χ4v) is 2.59. The Balaban J connectivity index is 2.21. The number of nitrogens with zero attached hydrogens (tertiary/aromatic N) is 2. The van der Waals surface area contributed by atoms with Gasteiger partial charge in [-0.2, -0.15) is 4.98 Å². The number of amides is 1. The number of halogens is 1. The molecule has 2 unspecified atom stereocenters. The van der Waals surface area contributed by atoms with Crippen LogP contribution < -0.4 is 5.32 Å². The second kappa shape index (κ2) is 8.00. The van der Waals surface area contributed by atoms with E-state index in [0.29, 0.717) is 23.2 Å². The summed E-state index contributed by atoms with van der Waals surface area (Å²) in [6.45, 7) is 10.3. The van der Waals surface area contributed by atoms with Crippen LogP contribution in [0.3, 0.4) is 0 Å². The first-order chi connectivity index (χ1) is 11.7. The molecule has 0 saturated carbocycles. The SMILES string of the molecule is CCC(C)C(NC(=O)CC(C)(C)C)c1nc(-c2ccc(Cl)cc2)no1. The molecule has 0 aliphatic rings. The summed E-state index contributed by atoms with van der Waals surface area (Å²) in [5.74, 6) is 1.10. The molecule has 25 heavy (non-hydrogen) atoms. The molecule has 0 aliphatic heterocycles. The van der Waals surface area contributed by atoms with Crippen molar-refractivity contribution in [3.8, 4) is 11.4 Å². The highest BCUT2D eigenvalue weighted by Crippen LogP contribution is 2.27. The molecular weight excluding hydrogens is 338 g/mol. The average molecular weight is 364 g/mol. The van der Waals surface area contributed by atoms with E-state index >= 15 is 0 Å². The van der Waals surface area contributed by atoms with E-state index in [1.807, 2.05) is 32.9 Å². The molecule has 1 N–H and O–H groups in total. The molecule has 0 radical (unpaired) electrons. The van der Waals surface area contributed by atoms with Gasteiger partial charge in [-0.15, -0.1) is 0 Å². The van der Waals surface area contributed by atoms with E-state index in [1.54, 1.807) is 12.1 Å². The number of hydrogen-bond acceptors (Lipinski definition) is 4. The number of rotatable bonds is 6. The molecule has 0 bridgehead atoms. The minimum Gasteiger partial charge on any atom is -0.344 e. The normalized spacial score (nSPS) is 14.2. The summed E-state index contributed by atoms with van der Waals surface area (Å²) in [4.78, 5) is 16.9. The number of carbonyl (C=O) groups is 1. The Bertz CT molecular complexity index is 704. The van der Waals surface area contributed by atoms with Crippen LogP contribution in [0.4, 0.5) is 0 Å². The van der Waals surface area contributed by atoms with Gasteiger partial charge >= 0.3 is 0 Å². The van der Waals surface area contributed by atoms with Crippen LogP contribution in [0.5, 0.6) is 0 Å². The lowest BCUT2D eigenvalue weighted by Gasteiger charge is -2.23. The highest BCUT2D eigenvalue weighted by Gasteiger charge is 2.28. The first-order valence-corrected chi connectivity index (χ1v) is 8.96. The van der Waals surface area contributed by atoms with Crippen molar-refractivity contribution in [1.29, 1.82) is 0 Å². The predicted molar refractivity (Wildman–Crippen MR) is 99.2 cm³/mol. The van der Waals surface area contributed by atoms with Gasteiger partial charge in [0.05, 0.1) is 0 Å². The van der Waals surface area contributed by atoms with Crippen molar-refractivity contribution in [2.24, 2.45) is 11.3 Å². The lowest BCUT2D eigenvalue weighted by Crippen LogP contribution is -2.34. The van der Waals surface area contributed by atoms with Gasteiger partial charge in [-0.05, 0) is 35.6 Å². The standard InChI is InChI=1S/C19H26ClN3O2/c1-6-12(2)16(21-15(24)11-19(3,4)5)18-22-17(23-25-18)13-7-9-14(20)10-8-13/h7-10,12,16H,6,11H2,1-5H3,(H,21,24). The maximum atomic E-state index is 12.4. The first-order valence-electron chi connectivity index (χ1n) is 8.58.